The summed E-state index contributed by atoms with van der Waals surface area (Å²) in [5.74, 6) is 0.358. The molecule has 0 radical (unpaired) electrons. The fraction of sp³-hybridized carbons (Fsp3) is 0.154. The maximum atomic E-state index is 12.9. The molecule has 2 aromatic rings. The van der Waals surface area contributed by atoms with Crippen LogP contribution in [-0.2, 0) is 6.18 Å². The maximum Gasteiger partial charge on any atom is 0.418 e. The second kappa shape index (κ2) is 5.21. The molecule has 0 aliphatic heterocycles. The third-order valence-corrected chi connectivity index (χ3v) is 3.57. The Kier molecular flexibility index (Phi) is 3.80. The predicted octanol–water partition coefficient (Wildman–Crippen LogP) is 4.91. The highest BCUT2D eigenvalue weighted by Crippen LogP contribution is 2.36. The zero-order valence-corrected chi connectivity index (χ0v) is 11.5. The van der Waals surface area contributed by atoms with Crippen molar-refractivity contribution in [2.45, 2.75) is 13.1 Å². The van der Waals surface area contributed by atoms with Gasteiger partial charge in [-0.1, -0.05) is 12.1 Å². The molecule has 19 heavy (non-hydrogen) atoms. The molecule has 0 bridgehead atoms. The van der Waals surface area contributed by atoms with Crippen LogP contribution in [0.25, 0.3) is 0 Å². The molecule has 0 spiro atoms. The molecule has 6 heteroatoms. The van der Waals surface area contributed by atoms with E-state index < -0.39 is 11.7 Å². The summed E-state index contributed by atoms with van der Waals surface area (Å²) < 4.78 is 39.2. The van der Waals surface area contributed by atoms with Gasteiger partial charge in [-0.3, -0.25) is 0 Å². The number of nitrogens with zero attached hydrogens (tertiary/aromatic N) is 1. The second-order valence-corrected chi connectivity index (χ2v) is 4.75. The second-order valence-electron chi connectivity index (χ2n) is 3.96. The van der Waals surface area contributed by atoms with Gasteiger partial charge < -0.3 is 5.32 Å². The molecule has 0 saturated carbocycles. The summed E-state index contributed by atoms with van der Waals surface area (Å²) in [7, 11) is 0. The van der Waals surface area contributed by atoms with Gasteiger partial charge in [-0.25, -0.2) is 4.98 Å². The van der Waals surface area contributed by atoms with E-state index in [-0.39, 0.29) is 5.69 Å². The minimum atomic E-state index is -4.40. The van der Waals surface area contributed by atoms with Crippen LogP contribution in [0.15, 0.2) is 41.0 Å². The highest BCUT2D eigenvalue weighted by atomic mass is 79.9. The van der Waals surface area contributed by atoms with Gasteiger partial charge >= 0.3 is 6.18 Å². The summed E-state index contributed by atoms with van der Waals surface area (Å²) >= 11 is 3.31. The van der Waals surface area contributed by atoms with Crippen molar-refractivity contribution in [3.63, 3.8) is 0 Å². The van der Waals surface area contributed by atoms with Crippen LogP contribution in [0.3, 0.4) is 0 Å². The molecule has 0 unspecified atom stereocenters. The largest absolute Gasteiger partial charge is 0.418 e. The lowest BCUT2D eigenvalue weighted by molar-refractivity contribution is -0.136. The minimum absolute atomic E-state index is 0.0196. The first-order chi connectivity index (χ1) is 8.89. The molecular formula is C13H10BrF3N2. The van der Waals surface area contributed by atoms with E-state index in [2.05, 4.69) is 26.2 Å². The van der Waals surface area contributed by atoms with E-state index in [1.54, 1.807) is 18.3 Å². The van der Waals surface area contributed by atoms with Crippen molar-refractivity contribution in [1.82, 2.24) is 4.98 Å². The first-order valence-corrected chi connectivity index (χ1v) is 6.23. The highest BCUT2D eigenvalue weighted by Gasteiger charge is 2.33. The Balaban J connectivity index is 2.42. The van der Waals surface area contributed by atoms with E-state index in [1.807, 2.05) is 6.92 Å². The molecule has 2 rings (SSSR count). The number of para-hydroxylation sites is 1. The predicted molar refractivity (Wildman–Crippen MR) is 71.4 cm³/mol. The van der Waals surface area contributed by atoms with Gasteiger partial charge in [0.25, 0.3) is 0 Å². The molecule has 1 heterocycles. The monoisotopic (exact) mass is 330 g/mol. The number of aryl methyl sites for hydroxylation is 1. The number of benzene rings is 1. The lowest BCUT2D eigenvalue weighted by atomic mass is 10.1. The average molecular weight is 331 g/mol. The van der Waals surface area contributed by atoms with Crippen LogP contribution < -0.4 is 5.32 Å². The van der Waals surface area contributed by atoms with Crippen molar-refractivity contribution in [3.8, 4) is 0 Å². The third-order valence-electron chi connectivity index (χ3n) is 2.57. The summed E-state index contributed by atoms with van der Waals surface area (Å²) in [6.45, 7) is 1.84. The summed E-state index contributed by atoms with van der Waals surface area (Å²) in [5, 5.41) is 2.71. The van der Waals surface area contributed by atoms with Crippen molar-refractivity contribution >= 4 is 27.4 Å². The number of alkyl halides is 3. The van der Waals surface area contributed by atoms with Crippen LogP contribution in [0.5, 0.6) is 0 Å². The number of hydrogen-bond donors (Lipinski definition) is 1. The van der Waals surface area contributed by atoms with Gasteiger partial charge in [0.2, 0.25) is 0 Å². The van der Waals surface area contributed by atoms with E-state index in [4.69, 9.17) is 0 Å². The Labute approximate surface area is 116 Å². The SMILES string of the molecule is Cc1ccnc(Nc2ccccc2C(F)(F)F)c1Br. The Hall–Kier alpha value is -1.56. The van der Waals surface area contributed by atoms with E-state index in [0.717, 1.165) is 11.6 Å². The van der Waals surface area contributed by atoms with E-state index in [0.29, 0.717) is 10.3 Å². The molecule has 100 valence electrons. The van der Waals surface area contributed by atoms with Crippen molar-refractivity contribution < 1.29 is 13.2 Å². The zero-order chi connectivity index (χ0) is 14.0. The molecule has 0 atom stereocenters. The van der Waals surface area contributed by atoms with E-state index in [9.17, 15) is 13.2 Å². The normalized spacial score (nSPS) is 11.4. The number of nitrogens with one attached hydrogen (secondary N) is 1. The number of rotatable bonds is 2. The topological polar surface area (TPSA) is 24.9 Å². The van der Waals surface area contributed by atoms with Crippen LogP contribution in [0.1, 0.15) is 11.1 Å². The minimum Gasteiger partial charge on any atom is -0.339 e. The number of halogens is 4. The van der Waals surface area contributed by atoms with Gasteiger partial charge in [-0.05, 0) is 46.6 Å². The highest BCUT2D eigenvalue weighted by molar-refractivity contribution is 9.10. The van der Waals surface area contributed by atoms with Crippen molar-refractivity contribution in [2.24, 2.45) is 0 Å². The maximum absolute atomic E-state index is 12.9. The average Bonchev–Trinajstić information content (AvgIpc) is 2.34. The van der Waals surface area contributed by atoms with Gasteiger partial charge in [0, 0.05) is 6.20 Å². The Morgan fingerprint density at radius 1 is 1.16 bits per heavy atom. The standard InChI is InChI=1S/C13H10BrF3N2/c1-8-6-7-18-12(11(8)14)19-10-5-3-2-4-9(10)13(15,16)17/h2-7H,1H3,(H,18,19). The molecule has 1 aromatic heterocycles. The van der Waals surface area contributed by atoms with Gasteiger partial charge in [0.15, 0.2) is 0 Å². The third kappa shape index (κ3) is 3.07. The van der Waals surface area contributed by atoms with Crippen molar-refractivity contribution in [3.05, 3.63) is 52.1 Å². The Morgan fingerprint density at radius 3 is 2.53 bits per heavy atom. The van der Waals surface area contributed by atoms with Crippen LogP contribution in [0.2, 0.25) is 0 Å². The molecule has 0 fully saturated rings. The quantitative estimate of drug-likeness (QED) is 0.845. The van der Waals surface area contributed by atoms with E-state index >= 15 is 0 Å². The van der Waals surface area contributed by atoms with Gasteiger partial charge in [-0.15, -0.1) is 0 Å². The fourth-order valence-electron chi connectivity index (χ4n) is 1.59. The number of hydrogen-bond acceptors (Lipinski definition) is 2. The van der Waals surface area contributed by atoms with Crippen LogP contribution in [0.4, 0.5) is 24.7 Å². The summed E-state index contributed by atoms with van der Waals surface area (Å²) in [6, 6.07) is 7.07. The number of anilines is 2. The Morgan fingerprint density at radius 2 is 1.84 bits per heavy atom. The fourth-order valence-corrected chi connectivity index (χ4v) is 1.93. The first kappa shape index (κ1) is 13.9. The van der Waals surface area contributed by atoms with Crippen molar-refractivity contribution in [2.75, 3.05) is 5.32 Å². The number of aromatic nitrogens is 1. The lowest BCUT2D eigenvalue weighted by Crippen LogP contribution is -2.09. The molecule has 0 aliphatic carbocycles. The molecule has 0 saturated heterocycles. The van der Waals surface area contributed by atoms with Gasteiger partial charge in [0.05, 0.1) is 15.7 Å². The van der Waals surface area contributed by atoms with Crippen LogP contribution >= 0.6 is 15.9 Å². The molecule has 0 aliphatic rings. The van der Waals surface area contributed by atoms with Crippen LogP contribution in [0, 0.1) is 6.92 Å². The first-order valence-electron chi connectivity index (χ1n) is 5.44. The lowest BCUT2D eigenvalue weighted by Gasteiger charge is -2.15. The molecular weight excluding hydrogens is 321 g/mol. The number of pyridine rings is 1. The molecule has 1 aromatic carbocycles. The van der Waals surface area contributed by atoms with Gasteiger partial charge in [-0.2, -0.15) is 13.2 Å². The molecule has 0 amide bonds. The summed E-state index contributed by atoms with van der Waals surface area (Å²) in [4.78, 5) is 4.03. The molecule has 2 nitrogen and oxygen atoms in total. The van der Waals surface area contributed by atoms with E-state index in [1.165, 1.54) is 12.1 Å². The summed E-state index contributed by atoms with van der Waals surface area (Å²) in [5.41, 5.74) is 0.154. The molecule has 1 N–H and O–H groups in total. The smallest absolute Gasteiger partial charge is 0.339 e. The Bertz CT molecular complexity index is 597. The zero-order valence-electron chi connectivity index (χ0n) is 9.92. The van der Waals surface area contributed by atoms with Crippen LogP contribution in [-0.4, -0.2) is 4.98 Å². The van der Waals surface area contributed by atoms with Gasteiger partial charge in [0.1, 0.15) is 5.82 Å². The van der Waals surface area contributed by atoms with Crippen molar-refractivity contribution in [1.29, 1.82) is 0 Å². The summed E-state index contributed by atoms with van der Waals surface area (Å²) in [6.07, 6.45) is -2.86.